The van der Waals surface area contributed by atoms with E-state index in [1.54, 1.807) is 42.3 Å². The lowest BCUT2D eigenvalue weighted by Crippen LogP contribution is -2.30. The van der Waals surface area contributed by atoms with Crippen LogP contribution in [0.2, 0.25) is 0 Å². The van der Waals surface area contributed by atoms with Crippen molar-refractivity contribution in [3.8, 4) is 0 Å². The molecule has 2 amide bonds. The lowest BCUT2D eigenvalue weighted by atomic mass is 10.2. The summed E-state index contributed by atoms with van der Waals surface area (Å²) in [6.07, 6.45) is 0. The van der Waals surface area contributed by atoms with E-state index in [0.717, 1.165) is 20.1 Å². The number of carbonyl (C=O) groups excluding carboxylic acids is 2. The van der Waals surface area contributed by atoms with E-state index in [9.17, 15) is 9.59 Å². The van der Waals surface area contributed by atoms with Gasteiger partial charge in [0, 0.05) is 26.0 Å². The first-order chi connectivity index (χ1) is 13.4. The summed E-state index contributed by atoms with van der Waals surface area (Å²) >= 11 is 3.00. The normalized spacial score (nSPS) is 12.0. The van der Waals surface area contributed by atoms with Gasteiger partial charge in [0.15, 0.2) is 0 Å². The van der Waals surface area contributed by atoms with Gasteiger partial charge in [0.25, 0.3) is 5.91 Å². The average Bonchev–Trinajstić information content (AvgIpc) is 3.14. The maximum atomic E-state index is 13.2. The zero-order chi connectivity index (χ0) is 20.3. The molecular weight excluding hydrogens is 390 g/mol. The van der Waals surface area contributed by atoms with Crippen molar-refractivity contribution in [1.29, 1.82) is 0 Å². The number of benzene rings is 2. The molecule has 5 nitrogen and oxygen atoms in total. The molecule has 1 aromatic heterocycles. The van der Waals surface area contributed by atoms with Gasteiger partial charge in [-0.1, -0.05) is 24.3 Å². The van der Waals surface area contributed by atoms with Crippen molar-refractivity contribution in [2.24, 2.45) is 0 Å². The van der Waals surface area contributed by atoms with E-state index < -0.39 is 0 Å². The first-order valence-corrected chi connectivity index (χ1v) is 10.7. The van der Waals surface area contributed by atoms with E-state index >= 15 is 0 Å². The maximum absolute atomic E-state index is 13.2. The second-order valence-corrected chi connectivity index (χ2v) is 8.76. The van der Waals surface area contributed by atoms with Crippen molar-refractivity contribution in [3.63, 3.8) is 0 Å². The highest BCUT2D eigenvalue weighted by molar-refractivity contribution is 8.00. The summed E-state index contributed by atoms with van der Waals surface area (Å²) in [4.78, 5) is 33.8. The van der Waals surface area contributed by atoms with Crippen LogP contribution in [-0.2, 0) is 4.79 Å². The smallest absolute Gasteiger partial charge is 0.255 e. The van der Waals surface area contributed by atoms with Gasteiger partial charge in [0.1, 0.15) is 5.01 Å². The molecule has 2 aromatic carbocycles. The topological polar surface area (TPSA) is 53.5 Å². The highest BCUT2D eigenvalue weighted by atomic mass is 32.2. The van der Waals surface area contributed by atoms with Gasteiger partial charge in [-0.05, 0) is 31.2 Å². The number of hydrogen-bond donors (Lipinski definition) is 0. The maximum Gasteiger partial charge on any atom is 0.255 e. The third-order valence-electron chi connectivity index (χ3n) is 4.54. The lowest BCUT2D eigenvalue weighted by Gasteiger charge is -2.24. The summed E-state index contributed by atoms with van der Waals surface area (Å²) < 4.78 is 1.11. The lowest BCUT2D eigenvalue weighted by molar-refractivity contribution is -0.125. The molecule has 3 rings (SSSR count). The summed E-state index contributed by atoms with van der Waals surface area (Å²) in [5.74, 6) is 0.240. The molecule has 1 atom stereocenters. The fourth-order valence-electron chi connectivity index (χ4n) is 2.64. The summed E-state index contributed by atoms with van der Waals surface area (Å²) in [6, 6.07) is 15.3. The number of fused-ring (bicyclic) bond motifs is 1. The Morgan fingerprint density at radius 3 is 2.46 bits per heavy atom. The van der Waals surface area contributed by atoms with Gasteiger partial charge in [-0.25, -0.2) is 4.98 Å². The number of thioether (sulfide) groups is 1. The van der Waals surface area contributed by atoms with Crippen molar-refractivity contribution in [2.75, 3.05) is 26.9 Å². The van der Waals surface area contributed by atoms with Gasteiger partial charge in [-0.3, -0.25) is 9.59 Å². The molecule has 0 N–H and O–H groups in total. The third kappa shape index (κ3) is 4.36. The first kappa shape index (κ1) is 20.4. The average molecular weight is 414 g/mol. The fourth-order valence-corrected chi connectivity index (χ4v) is 4.72. The number of aromatic nitrogens is 1. The van der Waals surface area contributed by atoms with Crippen LogP contribution in [0.4, 0.5) is 0 Å². The van der Waals surface area contributed by atoms with Gasteiger partial charge in [0.2, 0.25) is 5.91 Å². The molecule has 0 aliphatic heterocycles. The van der Waals surface area contributed by atoms with E-state index in [2.05, 4.69) is 4.98 Å². The number of nitrogens with zero attached hydrogens (tertiary/aromatic N) is 3. The van der Waals surface area contributed by atoms with Crippen LogP contribution >= 0.6 is 23.1 Å². The molecule has 146 valence electrons. The molecule has 0 spiro atoms. The number of hydrogen-bond acceptors (Lipinski definition) is 5. The standard InChI is InChI=1S/C21H23N3O2S2/c1-14(20-22-16-10-6-8-12-18(16)28-20)24(4)21(26)15-9-5-7-11-17(15)27-13-19(25)23(2)3/h5-12,14H,13H2,1-4H3/t14-/m0/s1. The molecular formula is C21H23N3O2S2. The number of carbonyl (C=O) groups is 2. The summed E-state index contributed by atoms with van der Waals surface area (Å²) in [7, 11) is 5.26. The Bertz CT molecular complexity index is 967. The van der Waals surface area contributed by atoms with Crippen LogP contribution in [0.15, 0.2) is 53.4 Å². The Hall–Kier alpha value is -2.38. The SMILES string of the molecule is C[C@@H](c1nc2ccccc2s1)N(C)C(=O)c1ccccc1SCC(=O)N(C)C. The molecule has 7 heteroatoms. The second kappa shape index (κ2) is 8.75. The van der Waals surface area contributed by atoms with Crippen molar-refractivity contribution < 1.29 is 9.59 Å². The molecule has 3 aromatic rings. The van der Waals surface area contributed by atoms with Crippen molar-refractivity contribution in [2.45, 2.75) is 17.9 Å². The monoisotopic (exact) mass is 413 g/mol. The molecule has 0 radical (unpaired) electrons. The molecule has 0 saturated carbocycles. The van der Waals surface area contributed by atoms with Crippen molar-refractivity contribution >= 4 is 45.1 Å². The fraction of sp³-hybridized carbons (Fsp3) is 0.286. The summed E-state index contributed by atoms with van der Waals surface area (Å²) in [5, 5.41) is 0.907. The van der Waals surface area contributed by atoms with E-state index in [0.29, 0.717) is 11.3 Å². The Morgan fingerprint density at radius 1 is 1.07 bits per heavy atom. The van der Waals surface area contributed by atoms with E-state index in [-0.39, 0.29) is 17.9 Å². The molecule has 0 aliphatic rings. The van der Waals surface area contributed by atoms with E-state index in [1.165, 1.54) is 11.8 Å². The molecule has 0 unspecified atom stereocenters. The summed E-state index contributed by atoms with van der Waals surface area (Å²) in [5.41, 5.74) is 1.56. The second-order valence-electron chi connectivity index (χ2n) is 6.68. The predicted molar refractivity (Wildman–Crippen MR) is 116 cm³/mol. The van der Waals surface area contributed by atoms with Crippen LogP contribution in [0.25, 0.3) is 10.2 Å². The molecule has 0 saturated heterocycles. The van der Waals surface area contributed by atoms with Crippen molar-refractivity contribution in [1.82, 2.24) is 14.8 Å². The number of amides is 2. The van der Waals surface area contributed by atoms with Gasteiger partial charge >= 0.3 is 0 Å². The highest BCUT2D eigenvalue weighted by Crippen LogP contribution is 2.31. The van der Waals surface area contributed by atoms with E-state index in [1.807, 2.05) is 55.5 Å². The Labute approximate surface area is 173 Å². The molecule has 0 fully saturated rings. The molecule has 0 aliphatic carbocycles. The first-order valence-electron chi connectivity index (χ1n) is 8.93. The van der Waals surface area contributed by atoms with Crippen LogP contribution in [0.1, 0.15) is 28.3 Å². The third-order valence-corrected chi connectivity index (χ3v) is 6.80. The zero-order valence-electron chi connectivity index (χ0n) is 16.4. The van der Waals surface area contributed by atoms with Crippen molar-refractivity contribution in [3.05, 3.63) is 59.1 Å². The van der Waals surface area contributed by atoms with Crippen LogP contribution in [-0.4, -0.2) is 53.5 Å². The van der Waals surface area contributed by atoms with Crippen LogP contribution in [0.3, 0.4) is 0 Å². The minimum atomic E-state index is -0.147. The van der Waals surface area contributed by atoms with Crippen LogP contribution in [0.5, 0.6) is 0 Å². The Kier molecular flexibility index (Phi) is 6.36. The Morgan fingerprint density at radius 2 is 1.75 bits per heavy atom. The quantitative estimate of drug-likeness (QED) is 0.565. The summed E-state index contributed by atoms with van der Waals surface area (Å²) in [6.45, 7) is 1.99. The minimum absolute atomic E-state index is 0.0171. The van der Waals surface area contributed by atoms with Gasteiger partial charge in [0.05, 0.1) is 27.6 Å². The van der Waals surface area contributed by atoms with Gasteiger partial charge in [-0.15, -0.1) is 23.1 Å². The van der Waals surface area contributed by atoms with Crippen LogP contribution in [0, 0.1) is 0 Å². The largest absolute Gasteiger partial charge is 0.348 e. The van der Waals surface area contributed by atoms with Gasteiger partial charge < -0.3 is 9.80 Å². The zero-order valence-corrected chi connectivity index (χ0v) is 18.0. The highest BCUT2D eigenvalue weighted by Gasteiger charge is 2.24. The van der Waals surface area contributed by atoms with E-state index in [4.69, 9.17) is 0 Å². The molecule has 28 heavy (non-hydrogen) atoms. The van der Waals surface area contributed by atoms with Gasteiger partial charge in [-0.2, -0.15) is 0 Å². The Balaban J connectivity index is 1.80. The minimum Gasteiger partial charge on any atom is -0.348 e. The van der Waals surface area contributed by atoms with Crippen LogP contribution < -0.4 is 0 Å². The number of rotatable bonds is 6. The number of thiazole rings is 1. The predicted octanol–water partition coefficient (Wildman–Crippen LogP) is 4.31. The number of para-hydroxylation sites is 1. The molecule has 1 heterocycles. The molecule has 0 bridgehead atoms.